The third-order valence-corrected chi connectivity index (χ3v) is 7.50. The van der Waals surface area contributed by atoms with Gasteiger partial charge >= 0.3 is 0 Å². The lowest BCUT2D eigenvalue weighted by Crippen LogP contribution is -2.38. The number of carbonyl (C=O) groups excluding carboxylic acids is 1. The van der Waals surface area contributed by atoms with Gasteiger partial charge in [-0.15, -0.1) is 0 Å². The van der Waals surface area contributed by atoms with Crippen molar-refractivity contribution in [1.29, 1.82) is 0 Å². The summed E-state index contributed by atoms with van der Waals surface area (Å²) in [6.07, 6.45) is 6.34. The molecule has 0 radical (unpaired) electrons. The Hall–Kier alpha value is -2.41. The van der Waals surface area contributed by atoms with E-state index in [4.69, 9.17) is 10.1 Å². The van der Waals surface area contributed by atoms with Crippen LogP contribution in [0.1, 0.15) is 65.8 Å². The van der Waals surface area contributed by atoms with Gasteiger partial charge in [-0.1, -0.05) is 18.6 Å². The van der Waals surface area contributed by atoms with Gasteiger partial charge < -0.3 is 9.80 Å². The van der Waals surface area contributed by atoms with Crippen LogP contribution in [0.5, 0.6) is 0 Å². The second kappa shape index (κ2) is 8.50. The maximum Gasteiger partial charge on any atom is 0.255 e. The van der Waals surface area contributed by atoms with E-state index >= 15 is 0 Å². The molecule has 2 aliphatic rings. The number of hydrogen-bond acceptors (Lipinski definition) is 4. The van der Waals surface area contributed by atoms with Gasteiger partial charge in [0.1, 0.15) is 5.82 Å². The predicted octanol–water partition coefficient (Wildman–Crippen LogP) is 5.32. The van der Waals surface area contributed by atoms with Gasteiger partial charge in [-0.25, -0.2) is 9.50 Å². The topological polar surface area (TPSA) is 53.7 Å². The zero-order valence-electron chi connectivity index (χ0n) is 19.0. The standard InChI is InChI=1S/C25H30BrN5O/c1-16-7-8-20(26)19(12-16)25(32)30-10-5-4-6-22(30)21-13-23-27-24(18(3)15-31(23)28-21)29-11-9-17(2)14-29/h7-8,12-13,15,17,22H,4-6,9-11,14H2,1-3H3/t17-,22-/m0/s1. The minimum absolute atomic E-state index is 0.0269. The second-order valence-electron chi connectivity index (χ2n) is 9.45. The van der Waals surface area contributed by atoms with Crippen molar-refractivity contribution in [2.45, 2.75) is 52.5 Å². The number of aryl methyl sites for hydroxylation is 2. The molecule has 168 valence electrons. The van der Waals surface area contributed by atoms with Crippen molar-refractivity contribution in [3.8, 4) is 0 Å². The van der Waals surface area contributed by atoms with E-state index < -0.39 is 0 Å². The van der Waals surface area contributed by atoms with Crippen molar-refractivity contribution < 1.29 is 4.79 Å². The van der Waals surface area contributed by atoms with Crippen molar-refractivity contribution in [2.24, 2.45) is 5.92 Å². The molecule has 0 aliphatic carbocycles. The Balaban J connectivity index is 1.48. The molecular weight excluding hydrogens is 466 g/mol. The zero-order chi connectivity index (χ0) is 22.4. The average Bonchev–Trinajstić information content (AvgIpc) is 3.40. The van der Waals surface area contributed by atoms with Crippen LogP contribution >= 0.6 is 15.9 Å². The number of amides is 1. The van der Waals surface area contributed by atoms with E-state index in [1.54, 1.807) is 0 Å². The fourth-order valence-corrected chi connectivity index (χ4v) is 5.49. The Morgan fingerprint density at radius 2 is 1.97 bits per heavy atom. The normalized spacial score (nSPS) is 21.5. The molecule has 3 aromatic rings. The molecule has 0 spiro atoms. The van der Waals surface area contributed by atoms with Crippen LogP contribution in [-0.4, -0.2) is 45.0 Å². The molecule has 0 saturated carbocycles. The van der Waals surface area contributed by atoms with Gasteiger partial charge in [0.2, 0.25) is 0 Å². The highest BCUT2D eigenvalue weighted by atomic mass is 79.9. The maximum atomic E-state index is 13.5. The zero-order valence-corrected chi connectivity index (χ0v) is 20.6. The molecule has 4 heterocycles. The quantitative estimate of drug-likeness (QED) is 0.493. The van der Waals surface area contributed by atoms with E-state index in [-0.39, 0.29) is 11.9 Å². The molecule has 7 heteroatoms. The van der Waals surface area contributed by atoms with Gasteiger partial charge in [0.25, 0.3) is 5.91 Å². The summed E-state index contributed by atoms with van der Waals surface area (Å²) in [6, 6.07) is 7.99. The fraction of sp³-hybridized carbons (Fsp3) is 0.480. The largest absolute Gasteiger partial charge is 0.356 e. The molecular formula is C25H30BrN5O. The van der Waals surface area contributed by atoms with E-state index in [0.717, 1.165) is 77.2 Å². The van der Waals surface area contributed by atoms with Crippen LogP contribution in [-0.2, 0) is 0 Å². The van der Waals surface area contributed by atoms with Gasteiger partial charge in [0.15, 0.2) is 5.65 Å². The molecule has 32 heavy (non-hydrogen) atoms. The summed E-state index contributed by atoms with van der Waals surface area (Å²) in [5.74, 6) is 1.84. The lowest BCUT2D eigenvalue weighted by molar-refractivity contribution is 0.0604. The number of likely N-dealkylation sites (tertiary alicyclic amines) is 1. The highest BCUT2D eigenvalue weighted by Crippen LogP contribution is 2.34. The molecule has 2 aromatic heterocycles. The van der Waals surface area contributed by atoms with E-state index in [9.17, 15) is 4.79 Å². The van der Waals surface area contributed by atoms with Crippen molar-refractivity contribution in [3.05, 3.63) is 57.3 Å². The average molecular weight is 496 g/mol. The predicted molar refractivity (Wildman–Crippen MR) is 130 cm³/mol. The fourth-order valence-electron chi connectivity index (χ4n) is 5.07. The summed E-state index contributed by atoms with van der Waals surface area (Å²) in [6.45, 7) is 9.29. The number of halogens is 1. The van der Waals surface area contributed by atoms with Crippen LogP contribution in [0.4, 0.5) is 5.82 Å². The Morgan fingerprint density at radius 1 is 1.12 bits per heavy atom. The lowest BCUT2D eigenvalue weighted by Gasteiger charge is -2.35. The monoisotopic (exact) mass is 495 g/mol. The van der Waals surface area contributed by atoms with Crippen molar-refractivity contribution in [1.82, 2.24) is 19.5 Å². The van der Waals surface area contributed by atoms with E-state index in [2.05, 4.69) is 46.9 Å². The minimum Gasteiger partial charge on any atom is -0.356 e. The highest BCUT2D eigenvalue weighted by Gasteiger charge is 2.32. The van der Waals surface area contributed by atoms with E-state index in [0.29, 0.717) is 5.92 Å². The van der Waals surface area contributed by atoms with Crippen molar-refractivity contribution in [2.75, 3.05) is 24.5 Å². The Bertz CT molecular complexity index is 1170. The molecule has 6 nitrogen and oxygen atoms in total. The number of nitrogens with zero attached hydrogens (tertiary/aromatic N) is 5. The van der Waals surface area contributed by atoms with Crippen LogP contribution in [0.25, 0.3) is 5.65 Å². The summed E-state index contributed by atoms with van der Waals surface area (Å²) < 4.78 is 2.72. The third-order valence-electron chi connectivity index (χ3n) is 6.80. The Morgan fingerprint density at radius 3 is 2.75 bits per heavy atom. The van der Waals surface area contributed by atoms with Gasteiger partial charge in [-0.2, -0.15) is 5.10 Å². The van der Waals surface area contributed by atoms with E-state index in [1.165, 1.54) is 6.42 Å². The third kappa shape index (κ3) is 3.91. The van der Waals surface area contributed by atoms with Crippen LogP contribution in [0.15, 0.2) is 34.9 Å². The number of carbonyl (C=O) groups is 1. The highest BCUT2D eigenvalue weighted by molar-refractivity contribution is 9.10. The molecule has 0 N–H and O–H groups in total. The smallest absolute Gasteiger partial charge is 0.255 e. The summed E-state index contributed by atoms with van der Waals surface area (Å²) in [5.41, 5.74) is 4.73. The molecule has 2 fully saturated rings. The number of benzene rings is 1. The maximum absolute atomic E-state index is 13.5. The van der Waals surface area contributed by atoms with Gasteiger partial charge in [0.05, 0.1) is 17.3 Å². The number of anilines is 1. The molecule has 2 aliphatic heterocycles. The summed E-state index contributed by atoms with van der Waals surface area (Å²) in [7, 11) is 0. The van der Waals surface area contributed by atoms with E-state index in [1.807, 2.05) is 34.5 Å². The van der Waals surface area contributed by atoms with Crippen LogP contribution in [0.2, 0.25) is 0 Å². The van der Waals surface area contributed by atoms with Crippen molar-refractivity contribution >= 4 is 33.3 Å². The molecule has 0 unspecified atom stereocenters. The molecule has 1 amide bonds. The number of aromatic nitrogens is 3. The first-order chi connectivity index (χ1) is 15.4. The summed E-state index contributed by atoms with van der Waals surface area (Å²) in [4.78, 5) is 22.9. The molecule has 0 bridgehead atoms. The molecule has 5 rings (SSSR count). The summed E-state index contributed by atoms with van der Waals surface area (Å²) >= 11 is 3.57. The van der Waals surface area contributed by atoms with Crippen LogP contribution < -0.4 is 4.90 Å². The molecule has 2 saturated heterocycles. The number of fused-ring (bicyclic) bond motifs is 1. The number of rotatable bonds is 3. The van der Waals surface area contributed by atoms with Gasteiger partial charge in [0, 0.05) is 41.9 Å². The Labute approximate surface area is 197 Å². The summed E-state index contributed by atoms with van der Waals surface area (Å²) in [5, 5.41) is 4.88. The first kappa shape index (κ1) is 21.4. The minimum atomic E-state index is -0.0269. The SMILES string of the molecule is Cc1ccc(Br)c(C(=O)N2CCCC[C@H]2c2cc3nc(N4CC[C@H](C)C4)c(C)cn3n2)c1. The van der Waals surface area contributed by atoms with Gasteiger partial charge in [-0.3, -0.25) is 4.79 Å². The molecule has 2 atom stereocenters. The number of hydrogen-bond donors (Lipinski definition) is 0. The van der Waals surface area contributed by atoms with Crippen molar-refractivity contribution in [3.63, 3.8) is 0 Å². The lowest BCUT2D eigenvalue weighted by atomic mass is 9.98. The first-order valence-corrected chi connectivity index (χ1v) is 12.4. The second-order valence-corrected chi connectivity index (χ2v) is 10.3. The van der Waals surface area contributed by atoms with Crippen LogP contribution in [0.3, 0.4) is 0 Å². The molecule has 1 aromatic carbocycles. The van der Waals surface area contributed by atoms with Crippen LogP contribution in [0, 0.1) is 19.8 Å². The van der Waals surface area contributed by atoms with Gasteiger partial charge in [-0.05, 0) is 73.5 Å². The first-order valence-electron chi connectivity index (χ1n) is 11.6. The Kier molecular flexibility index (Phi) is 5.70. The number of piperidine rings is 1.